The molecular weight excluding hydrogens is 344 g/mol. The Morgan fingerprint density at radius 3 is 1.27 bits per heavy atom. The zero-order chi connectivity index (χ0) is 19.7. The Bertz CT molecular complexity index is 709. The number of hydrogen-bond donors (Lipinski definition) is 0. The highest BCUT2D eigenvalue weighted by Gasteiger charge is 2.20. The van der Waals surface area contributed by atoms with E-state index < -0.39 is 23.9 Å². The molecule has 0 radical (unpaired) electrons. The number of carbonyl (C=O) groups excluding carboxylic acids is 4. The molecule has 8 heteroatoms. The summed E-state index contributed by atoms with van der Waals surface area (Å²) in [5, 5.41) is 0. The fourth-order valence-electron chi connectivity index (χ4n) is 2.01. The van der Waals surface area contributed by atoms with Crippen LogP contribution >= 0.6 is 0 Å². The number of esters is 4. The SMILES string of the molecule is COC(=O)/C=C/c1c(C(=O)OC)ccc(C(=O)OC)c1/C=C/C(=O)OC. The van der Waals surface area contributed by atoms with E-state index in [2.05, 4.69) is 9.47 Å². The lowest BCUT2D eigenvalue weighted by Gasteiger charge is -2.12. The smallest absolute Gasteiger partial charge is 0.338 e. The lowest BCUT2D eigenvalue weighted by atomic mass is 9.94. The van der Waals surface area contributed by atoms with Crippen LogP contribution in [0.25, 0.3) is 12.2 Å². The maximum Gasteiger partial charge on any atom is 0.338 e. The first-order valence-corrected chi connectivity index (χ1v) is 7.25. The number of rotatable bonds is 6. The third-order valence-corrected chi connectivity index (χ3v) is 3.27. The highest BCUT2D eigenvalue weighted by atomic mass is 16.5. The van der Waals surface area contributed by atoms with Gasteiger partial charge in [0.15, 0.2) is 0 Å². The van der Waals surface area contributed by atoms with Crippen molar-refractivity contribution in [1.82, 2.24) is 0 Å². The Hall–Kier alpha value is -3.42. The van der Waals surface area contributed by atoms with Gasteiger partial charge >= 0.3 is 23.9 Å². The largest absolute Gasteiger partial charge is 0.466 e. The van der Waals surface area contributed by atoms with E-state index in [0.29, 0.717) is 0 Å². The number of carbonyl (C=O) groups is 4. The highest BCUT2D eigenvalue weighted by Crippen LogP contribution is 2.24. The molecule has 0 aliphatic rings. The maximum absolute atomic E-state index is 12.0. The van der Waals surface area contributed by atoms with E-state index in [1.165, 1.54) is 52.7 Å². The second-order valence-corrected chi connectivity index (χ2v) is 4.68. The molecule has 138 valence electrons. The molecular formula is C18H18O8. The lowest BCUT2D eigenvalue weighted by Crippen LogP contribution is -2.11. The molecule has 1 aromatic carbocycles. The third kappa shape index (κ3) is 5.04. The Kier molecular flexibility index (Phi) is 7.75. The van der Waals surface area contributed by atoms with Gasteiger partial charge in [0.05, 0.1) is 39.6 Å². The molecule has 0 fully saturated rings. The summed E-state index contributed by atoms with van der Waals surface area (Å²) in [7, 11) is 4.76. The number of methoxy groups -OCH3 is 4. The van der Waals surface area contributed by atoms with Gasteiger partial charge in [0.25, 0.3) is 0 Å². The van der Waals surface area contributed by atoms with E-state index in [9.17, 15) is 19.2 Å². The minimum Gasteiger partial charge on any atom is -0.466 e. The fraction of sp³-hybridized carbons (Fsp3) is 0.222. The van der Waals surface area contributed by atoms with E-state index in [4.69, 9.17) is 9.47 Å². The van der Waals surface area contributed by atoms with Crippen LogP contribution in [0.1, 0.15) is 31.8 Å². The van der Waals surface area contributed by atoms with E-state index in [-0.39, 0.29) is 22.3 Å². The Labute approximate surface area is 150 Å². The first-order valence-electron chi connectivity index (χ1n) is 7.25. The molecule has 8 nitrogen and oxygen atoms in total. The van der Waals surface area contributed by atoms with Gasteiger partial charge < -0.3 is 18.9 Å². The monoisotopic (exact) mass is 362 g/mol. The fourth-order valence-corrected chi connectivity index (χ4v) is 2.01. The van der Waals surface area contributed by atoms with Crippen molar-refractivity contribution >= 4 is 36.0 Å². The van der Waals surface area contributed by atoms with Crippen LogP contribution in [-0.2, 0) is 28.5 Å². The molecule has 0 amide bonds. The van der Waals surface area contributed by atoms with Crippen LogP contribution < -0.4 is 0 Å². The summed E-state index contributed by atoms with van der Waals surface area (Å²) in [6, 6.07) is 2.70. The van der Waals surface area contributed by atoms with Crippen molar-refractivity contribution in [1.29, 1.82) is 0 Å². The predicted octanol–water partition coefficient (Wildman–Crippen LogP) is 1.63. The first kappa shape index (κ1) is 20.6. The molecule has 1 aromatic rings. The Morgan fingerprint density at radius 2 is 1.00 bits per heavy atom. The minimum absolute atomic E-state index is 0.0739. The van der Waals surface area contributed by atoms with Crippen molar-refractivity contribution < 1.29 is 38.1 Å². The second-order valence-electron chi connectivity index (χ2n) is 4.68. The summed E-state index contributed by atoms with van der Waals surface area (Å²) in [5.74, 6) is -2.74. The number of hydrogen-bond acceptors (Lipinski definition) is 8. The first-order chi connectivity index (χ1) is 12.4. The Morgan fingerprint density at radius 1 is 0.654 bits per heavy atom. The van der Waals surface area contributed by atoms with Crippen molar-refractivity contribution in [2.75, 3.05) is 28.4 Å². The summed E-state index contributed by atoms with van der Waals surface area (Å²) in [6.45, 7) is 0. The molecule has 0 spiro atoms. The van der Waals surface area contributed by atoms with Crippen molar-refractivity contribution in [2.45, 2.75) is 0 Å². The van der Waals surface area contributed by atoms with Crippen LogP contribution in [-0.4, -0.2) is 52.3 Å². The summed E-state index contributed by atoms with van der Waals surface area (Å²) in [4.78, 5) is 46.9. The molecule has 0 unspecified atom stereocenters. The molecule has 0 aliphatic heterocycles. The quantitative estimate of drug-likeness (QED) is 0.427. The van der Waals surface area contributed by atoms with Crippen molar-refractivity contribution in [3.63, 3.8) is 0 Å². The molecule has 0 aliphatic carbocycles. The van der Waals surface area contributed by atoms with Gasteiger partial charge in [-0.25, -0.2) is 19.2 Å². The summed E-state index contributed by atoms with van der Waals surface area (Å²) >= 11 is 0. The van der Waals surface area contributed by atoms with Crippen molar-refractivity contribution in [3.8, 4) is 0 Å². The van der Waals surface area contributed by atoms with Crippen LogP contribution in [0.15, 0.2) is 24.3 Å². The molecule has 0 atom stereocenters. The number of benzene rings is 1. The summed E-state index contributed by atoms with van der Waals surface area (Å²) < 4.78 is 18.5. The molecule has 0 bridgehead atoms. The zero-order valence-corrected chi connectivity index (χ0v) is 14.7. The zero-order valence-electron chi connectivity index (χ0n) is 14.7. The predicted molar refractivity (Wildman–Crippen MR) is 91.2 cm³/mol. The van der Waals surface area contributed by atoms with Gasteiger partial charge in [-0.15, -0.1) is 0 Å². The molecule has 1 rings (SSSR count). The highest BCUT2D eigenvalue weighted by molar-refractivity contribution is 6.03. The molecule has 26 heavy (non-hydrogen) atoms. The van der Waals surface area contributed by atoms with Crippen LogP contribution in [0.2, 0.25) is 0 Å². The van der Waals surface area contributed by atoms with Gasteiger partial charge in [0.2, 0.25) is 0 Å². The normalized spacial score (nSPS) is 10.6. The lowest BCUT2D eigenvalue weighted by molar-refractivity contribution is -0.135. The van der Waals surface area contributed by atoms with Gasteiger partial charge in [-0.1, -0.05) is 0 Å². The minimum atomic E-state index is -0.696. The average Bonchev–Trinajstić information content (AvgIpc) is 2.68. The average molecular weight is 362 g/mol. The molecule has 0 saturated carbocycles. The van der Waals surface area contributed by atoms with Crippen molar-refractivity contribution in [3.05, 3.63) is 46.5 Å². The Balaban J connectivity index is 3.72. The van der Waals surface area contributed by atoms with Crippen LogP contribution in [0.4, 0.5) is 0 Å². The van der Waals surface area contributed by atoms with E-state index in [1.54, 1.807) is 0 Å². The summed E-state index contributed by atoms with van der Waals surface area (Å²) in [5.41, 5.74) is 0.491. The number of ether oxygens (including phenoxy) is 4. The van der Waals surface area contributed by atoms with E-state index in [0.717, 1.165) is 12.2 Å². The summed E-state index contributed by atoms with van der Waals surface area (Å²) in [6.07, 6.45) is 4.69. The molecule has 0 saturated heterocycles. The second kappa shape index (κ2) is 9.77. The molecule has 0 aromatic heterocycles. The molecule has 0 heterocycles. The van der Waals surface area contributed by atoms with Crippen LogP contribution in [0.3, 0.4) is 0 Å². The van der Waals surface area contributed by atoms with Crippen LogP contribution in [0, 0.1) is 0 Å². The van der Waals surface area contributed by atoms with Gasteiger partial charge in [-0.3, -0.25) is 0 Å². The standard InChI is InChI=1S/C18H18O8/c1-23-15(19)9-7-11-12(8-10-16(20)24-2)14(18(22)26-4)6-5-13(11)17(21)25-3/h5-10H,1-4H3/b9-7+,10-8+. The van der Waals surface area contributed by atoms with Gasteiger partial charge in [0, 0.05) is 12.2 Å². The molecule has 0 N–H and O–H groups in total. The van der Waals surface area contributed by atoms with E-state index in [1.807, 2.05) is 0 Å². The maximum atomic E-state index is 12.0. The van der Waals surface area contributed by atoms with Gasteiger partial charge in [0.1, 0.15) is 0 Å². The third-order valence-electron chi connectivity index (χ3n) is 3.27. The van der Waals surface area contributed by atoms with Crippen LogP contribution in [0.5, 0.6) is 0 Å². The van der Waals surface area contributed by atoms with Crippen molar-refractivity contribution in [2.24, 2.45) is 0 Å². The van der Waals surface area contributed by atoms with Gasteiger partial charge in [-0.05, 0) is 35.4 Å². The topological polar surface area (TPSA) is 105 Å². The van der Waals surface area contributed by atoms with Gasteiger partial charge in [-0.2, -0.15) is 0 Å². The van der Waals surface area contributed by atoms with E-state index >= 15 is 0 Å².